The Bertz CT molecular complexity index is 1810. The highest BCUT2D eigenvalue weighted by Crippen LogP contribution is 2.50. The second kappa shape index (κ2) is 16.5. The molecule has 2 atom stereocenters. The number of alkyl carbamates (subject to hydrolysis) is 1. The molecule has 5 rings (SSSR count). The molecule has 1 saturated heterocycles. The molecule has 0 radical (unpaired) electrons. The molecule has 14 heteroatoms. The Morgan fingerprint density at radius 3 is 1.69 bits per heavy atom. The van der Waals surface area contributed by atoms with Crippen LogP contribution in [0.2, 0.25) is 0 Å². The van der Waals surface area contributed by atoms with E-state index in [2.05, 4.69) is 5.32 Å². The number of carbonyl (C=O) groups excluding carboxylic acids is 4. The van der Waals surface area contributed by atoms with E-state index >= 15 is 0 Å². The molecule has 0 saturated carbocycles. The quantitative estimate of drug-likeness (QED) is 0.0659. The average Bonchev–Trinajstić information content (AvgIpc) is 3.14. The lowest BCUT2D eigenvalue weighted by atomic mass is 9.99. The number of Topliss-reactive ketones (excluding diaryl/α,β-unsaturated/α-hetero) is 1. The Balaban J connectivity index is 1.78. The third-order valence-electron chi connectivity index (χ3n) is 7.91. The fourth-order valence-corrected chi connectivity index (χ4v) is 10.3. The summed E-state index contributed by atoms with van der Waals surface area (Å²) in [5.41, 5.74) is -1.71. The number of β-lactam (4-membered cyclic amide) rings is 1. The topological polar surface area (TPSA) is 120 Å². The van der Waals surface area contributed by atoms with Gasteiger partial charge in [-0.2, -0.15) is 0 Å². The van der Waals surface area contributed by atoms with Crippen LogP contribution in [0.1, 0.15) is 12.5 Å². The van der Waals surface area contributed by atoms with Crippen molar-refractivity contribution in [1.29, 1.82) is 0 Å². The number of methoxy groups -OCH3 is 1. The van der Waals surface area contributed by atoms with E-state index in [0.29, 0.717) is 21.5 Å². The first kappa shape index (κ1) is 38.1. The molecule has 2 amide bonds. The number of nitrogens with one attached hydrogen (secondary N) is 1. The summed E-state index contributed by atoms with van der Waals surface area (Å²) in [6, 6.07) is 36.3. The molecule has 0 aliphatic carbocycles. The molecule has 0 spiro atoms. The lowest BCUT2D eigenvalue weighted by Gasteiger charge is -2.54. The zero-order valence-corrected chi connectivity index (χ0v) is 30.7. The third-order valence-corrected chi connectivity index (χ3v) is 12.5. The molecule has 1 N–H and O–H groups in total. The number of nitrogens with zero attached hydrogens (tertiary/aromatic N) is 1. The average molecular weight is 772 g/mol. The maximum atomic E-state index is 14.7. The van der Waals surface area contributed by atoms with Crippen LogP contribution in [-0.2, 0) is 39.9 Å². The molecule has 2 unspecified atom stereocenters. The third kappa shape index (κ3) is 8.17. The fraction of sp³-hybridized carbons (Fsp3) is 0.216. The first-order chi connectivity index (χ1) is 24.4. The summed E-state index contributed by atoms with van der Waals surface area (Å²) in [4.78, 5) is 56.1. The van der Waals surface area contributed by atoms with Crippen LogP contribution in [-0.4, -0.2) is 70.1 Å². The van der Waals surface area contributed by atoms with E-state index in [4.69, 9.17) is 53.8 Å². The van der Waals surface area contributed by atoms with Crippen molar-refractivity contribution in [2.45, 2.75) is 29.3 Å². The second-order valence-electron chi connectivity index (χ2n) is 11.4. The predicted molar refractivity (Wildman–Crippen MR) is 198 cm³/mol. The number of ether oxygens (including phenoxy) is 4. The fourth-order valence-electron chi connectivity index (χ4n) is 5.75. The standard InChI is InChI=1S/C37H34Cl3N2O8P/c1-26(43)23-48-34-37(47-2,41-35(46)49-24-27-15-7-3-8-16-27)33(45)42(34)31(32(44)50-25-36(38,39)40)51(28-17-9-4-10-18-28,29-19-11-5-12-20-29)30-21-13-6-14-22-30/h3-22,34H,23-25H2,1-2H3,(H,41,46). The summed E-state index contributed by atoms with van der Waals surface area (Å²) >= 11 is 18.1. The molecule has 1 heterocycles. The highest BCUT2D eigenvalue weighted by atomic mass is 35.6. The van der Waals surface area contributed by atoms with E-state index in [9.17, 15) is 19.2 Å². The highest BCUT2D eigenvalue weighted by molar-refractivity contribution is 7.96. The van der Waals surface area contributed by atoms with Crippen LogP contribution in [0, 0.1) is 0 Å². The molecule has 0 aromatic heterocycles. The van der Waals surface area contributed by atoms with Gasteiger partial charge in [0.25, 0.3) is 11.6 Å². The van der Waals surface area contributed by atoms with Gasteiger partial charge in [0.05, 0.1) is 0 Å². The molecule has 266 valence electrons. The lowest BCUT2D eigenvalue weighted by Crippen LogP contribution is -2.83. The van der Waals surface area contributed by atoms with Crippen molar-refractivity contribution < 1.29 is 38.1 Å². The number of hydrogen-bond donors (Lipinski definition) is 1. The van der Waals surface area contributed by atoms with Crippen LogP contribution >= 0.6 is 41.7 Å². The van der Waals surface area contributed by atoms with Gasteiger partial charge < -0.3 is 18.9 Å². The van der Waals surface area contributed by atoms with Crippen molar-refractivity contribution in [1.82, 2.24) is 10.2 Å². The molecule has 0 bridgehead atoms. The molecular weight excluding hydrogens is 738 g/mol. The van der Waals surface area contributed by atoms with E-state index in [1.165, 1.54) is 14.0 Å². The Labute approximate surface area is 310 Å². The maximum absolute atomic E-state index is 14.7. The van der Waals surface area contributed by atoms with E-state index in [1.54, 1.807) is 24.3 Å². The second-order valence-corrected chi connectivity index (χ2v) is 17.2. The monoisotopic (exact) mass is 770 g/mol. The van der Waals surface area contributed by atoms with Gasteiger partial charge in [0, 0.05) is 14.0 Å². The SMILES string of the molecule is COC1(NC(=O)OCc2ccccc2)C(=O)N(C(C(=O)OCC(Cl)(Cl)Cl)=P(c2ccccc2)(c2ccccc2)c2ccccc2)C1OCC(C)=O. The van der Waals surface area contributed by atoms with Crippen molar-refractivity contribution in [2.24, 2.45) is 0 Å². The van der Waals surface area contributed by atoms with E-state index < -0.39 is 59.6 Å². The van der Waals surface area contributed by atoms with Crippen LogP contribution < -0.4 is 21.2 Å². The Morgan fingerprint density at radius 2 is 1.25 bits per heavy atom. The highest BCUT2D eigenvalue weighted by Gasteiger charge is 2.67. The van der Waals surface area contributed by atoms with E-state index in [1.807, 2.05) is 97.1 Å². The first-order valence-corrected chi connectivity index (χ1v) is 18.5. The van der Waals surface area contributed by atoms with Gasteiger partial charge in [-0.1, -0.05) is 156 Å². The van der Waals surface area contributed by atoms with E-state index in [0.717, 1.165) is 4.90 Å². The lowest BCUT2D eigenvalue weighted by molar-refractivity contribution is -0.243. The molecule has 4 aromatic carbocycles. The number of benzene rings is 4. The van der Waals surface area contributed by atoms with Crippen molar-refractivity contribution in [2.75, 3.05) is 20.3 Å². The van der Waals surface area contributed by atoms with Gasteiger partial charge in [-0.15, -0.1) is 0 Å². The molecule has 10 nitrogen and oxygen atoms in total. The number of likely N-dealkylation sites (tertiary alicyclic amines) is 1. The summed E-state index contributed by atoms with van der Waals surface area (Å²) in [6.45, 7) is -3.45. The number of hydrogen-bond acceptors (Lipinski definition) is 8. The van der Waals surface area contributed by atoms with Crippen LogP contribution in [0.5, 0.6) is 0 Å². The molecule has 1 fully saturated rings. The number of halogens is 3. The van der Waals surface area contributed by atoms with Gasteiger partial charge in [-0.25, -0.2) is 9.59 Å². The predicted octanol–water partition coefficient (Wildman–Crippen LogP) is 5.07. The largest absolute Gasteiger partial charge is 0.456 e. The molecular formula is C37H34Cl3N2O8P. The minimum absolute atomic E-state index is 0.116. The smallest absolute Gasteiger partial charge is 0.410 e. The van der Waals surface area contributed by atoms with Crippen molar-refractivity contribution in [3.8, 4) is 0 Å². The number of esters is 1. The van der Waals surface area contributed by atoms with Gasteiger partial charge in [0.2, 0.25) is 3.79 Å². The van der Waals surface area contributed by atoms with Crippen molar-refractivity contribution in [3.05, 3.63) is 127 Å². The number of alkyl halides is 3. The van der Waals surface area contributed by atoms with Crippen LogP contribution in [0.25, 0.3) is 0 Å². The minimum atomic E-state index is -3.45. The van der Waals surface area contributed by atoms with Gasteiger partial charge >= 0.3 is 12.1 Å². The zero-order chi connectivity index (χ0) is 36.6. The normalized spacial score (nSPS) is 17.2. The molecule has 1 aliphatic rings. The minimum Gasteiger partial charge on any atom is -0.456 e. The van der Waals surface area contributed by atoms with E-state index in [-0.39, 0.29) is 12.0 Å². The van der Waals surface area contributed by atoms with Gasteiger partial charge in [-0.3, -0.25) is 19.8 Å². The number of amides is 2. The molecule has 1 aliphatic heterocycles. The molecule has 4 aromatic rings. The van der Waals surface area contributed by atoms with Crippen molar-refractivity contribution in [3.63, 3.8) is 0 Å². The summed E-state index contributed by atoms with van der Waals surface area (Å²) < 4.78 is 20.8. The van der Waals surface area contributed by atoms with Crippen LogP contribution in [0.15, 0.2) is 121 Å². The Hall–Kier alpha value is -4.15. The van der Waals surface area contributed by atoms with Crippen LogP contribution in [0.4, 0.5) is 4.79 Å². The van der Waals surface area contributed by atoms with Gasteiger partial charge in [-0.05, 0) is 28.4 Å². The first-order valence-electron chi connectivity index (χ1n) is 15.6. The zero-order valence-electron chi connectivity index (χ0n) is 27.5. The number of ketones is 1. The van der Waals surface area contributed by atoms with Gasteiger partial charge in [0.15, 0.2) is 12.0 Å². The van der Waals surface area contributed by atoms with Crippen molar-refractivity contribution >= 4 is 86.8 Å². The summed E-state index contributed by atoms with van der Waals surface area (Å²) in [7, 11) is 1.19. The summed E-state index contributed by atoms with van der Waals surface area (Å²) in [5.74, 6) is -2.31. The van der Waals surface area contributed by atoms with Gasteiger partial charge in [0.1, 0.15) is 25.2 Å². The van der Waals surface area contributed by atoms with Crippen LogP contribution in [0.3, 0.4) is 0 Å². The summed E-state index contributed by atoms with van der Waals surface area (Å²) in [5, 5.41) is 4.47. The number of rotatable bonds is 13. The Kier molecular flexibility index (Phi) is 12.3. The Morgan fingerprint density at radius 1 is 0.784 bits per heavy atom. The molecule has 51 heavy (non-hydrogen) atoms. The number of carbonyl (C=O) groups is 4. The summed E-state index contributed by atoms with van der Waals surface area (Å²) in [6.07, 6.45) is -2.59. The maximum Gasteiger partial charge on any atom is 0.410 e.